The molecule has 2 aromatic carbocycles. The Bertz CT molecular complexity index is 1480. The van der Waals surface area contributed by atoms with E-state index in [4.69, 9.17) is 21.4 Å². The van der Waals surface area contributed by atoms with Crippen LogP contribution < -0.4 is 10.1 Å². The van der Waals surface area contributed by atoms with E-state index < -0.39 is 0 Å². The van der Waals surface area contributed by atoms with Crippen LogP contribution in [0.5, 0.6) is 5.75 Å². The Labute approximate surface area is 220 Å². The fraction of sp³-hybridized carbons (Fsp3) is 0.333. The van der Waals surface area contributed by atoms with Crippen LogP contribution in [0.2, 0.25) is 5.02 Å². The first-order chi connectivity index (χ1) is 18.0. The molecule has 9 nitrogen and oxygen atoms in total. The molecule has 3 heterocycles. The maximum absolute atomic E-state index is 9.91. The number of fused-ring (bicyclic) bond motifs is 1. The summed E-state index contributed by atoms with van der Waals surface area (Å²) in [5, 5.41) is 28.6. The zero-order valence-corrected chi connectivity index (χ0v) is 21.7. The second-order valence-corrected chi connectivity index (χ2v) is 9.59. The van der Waals surface area contributed by atoms with Crippen molar-refractivity contribution in [2.24, 2.45) is 0 Å². The summed E-state index contributed by atoms with van der Waals surface area (Å²) in [5.41, 5.74) is 4.45. The number of aromatic nitrogens is 4. The molecule has 2 N–H and O–H groups in total. The van der Waals surface area contributed by atoms with Crippen molar-refractivity contribution >= 4 is 34.1 Å². The van der Waals surface area contributed by atoms with Gasteiger partial charge in [0.15, 0.2) is 5.65 Å². The number of para-hydroxylation sites is 1. The highest BCUT2D eigenvalue weighted by molar-refractivity contribution is 6.32. The summed E-state index contributed by atoms with van der Waals surface area (Å²) in [5.74, 6) is 1.40. The minimum absolute atomic E-state index is 0.0842. The highest BCUT2D eigenvalue weighted by atomic mass is 35.5. The third-order valence-electron chi connectivity index (χ3n) is 6.91. The maximum atomic E-state index is 9.91. The van der Waals surface area contributed by atoms with Crippen LogP contribution in [0, 0.1) is 18.3 Å². The molecule has 5 rings (SSSR count). The van der Waals surface area contributed by atoms with E-state index in [1.165, 1.54) is 6.33 Å². The fourth-order valence-corrected chi connectivity index (χ4v) is 5.35. The quantitative estimate of drug-likeness (QED) is 0.353. The number of aryl methyl sites for hydroxylation is 1. The number of anilines is 2. The van der Waals surface area contributed by atoms with Gasteiger partial charge < -0.3 is 15.2 Å². The van der Waals surface area contributed by atoms with Crippen LogP contribution >= 0.6 is 11.6 Å². The van der Waals surface area contributed by atoms with Gasteiger partial charge in [0.2, 0.25) is 0 Å². The first-order valence-corrected chi connectivity index (χ1v) is 12.5. The van der Waals surface area contributed by atoms with E-state index in [-0.39, 0.29) is 18.6 Å². The molecule has 190 valence electrons. The van der Waals surface area contributed by atoms with Crippen LogP contribution in [0.15, 0.2) is 42.7 Å². The highest BCUT2D eigenvalue weighted by Gasteiger charge is 2.35. The van der Waals surface area contributed by atoms with Gasteiger partial charge in [-0.3, -0.25) is 4.90 Å². The summed E-state index contributed by atoms with van der Waals surface area (Å²) < 4.78 is 7.78. The molecule has 10 heteroatoms. The molecule has 0 radical (unpaired) electrons. The molecule has 0 spiro atoms. The number of hydrogen-bond acceptors (Lipinski definition) is 8. The molecule has 0 amide bonds. The molecule has 4 aromatic rings. The van der Waals surface area contributed by atoms with Gasteiger partial charge in [0.05, 0.1) is 41.4 Å². The molecule has 2 aromatic heterocycles. The van der Waals surface area contributed by atoms with Crippen molar-refractivity contribution in [1.82, 2.24) is 24.6 Å². The fourth-order valence-electron chi connectivity index (χ4n) is 5.09. The van der Waals surface area contributed by atoms with Crippen molar-refractivity contribution in [3.8, 4) is 11.8 Å². The van der Waals surface area contributed by atoms with Crippen LogP contribution in [0.4, 0.5) is 11.5 Å². The third kappa shape index (κ3) is 4.48. The molecule has 0 saturated carbocycles. The molecule has 1 atom stereocenters. The van der Waals surface area contributed by atoms with Gasteiger partial charge in [0, 0.05) is 42.4 Å². The normalized spacial score (nSPS) is 14.8. The van der Waals surface area contributed by atoms with Crippen LogP contribution in [-0.2, 0) is 0 Å². The number of hydrogen-bond donors (Lipinski definition) is 2. The number of benzene rings is 2. The number of ether oxygens (including phenoxy) is 1. The van der Waals surface area contributed by atoms with Crippen LogP contribution in [-0.4, -0.2) is 63.1 Å². The van der Waals surface area contributed by atoms with Crippen molar-refractivity contribution in [2.45, 2.75) is 25.8 Å². The lowest BCUT2D eigenvalue weighted by atomic mass is 9.85. The zero-order chi connectivity index (χ0) is 26.1. The summed E-state index contributed by atoms with van der Waals surface area (Å²) in [6, 6.07) is 13.6. The number of β-amino-alcohol motifs (C(OH)–C–C–N with tert-alkyl or cyclic N) is 1. The molecule has 1 saturated heterocycles. The Balaban J connectivity index is 1.58. The zero-order valence-electron chi connectivity index (χ0n) is 20.9. The van der Waals surface area contributed by atoms with Gasteiger partial charge in [-0.05, 0) is 32.0 Å². The van der Waals surface area contributed by atoms with Gasteiger partial charge in [-0.1, -0.05) is 29.8 Å². The molecule has 0 bridgehead atoms. The topological polar surface area (TPSA) is 112 Å². The van der Waals surface area contributed by atoms with Crippen LogP contribution in [0.3, 0.4) is 0 Å². The van der Waals surface area contributed by atoms with Gasteiger partial charge in [0.1, 0.15) is 24.0 Å². The monoisotopic (exact) mass is 517 g/mol. The van der Waals surface area contributed by atoms with E-state index in [1.54, 1.807) is 13.2 Å². The molecule has 1 fully saturated rings. The lowest BCUT2D eigenvalue weighted by Gasteiger charge is -2.40. The minimum Gasteiger partial charge on any atom is -0.496 e. The van der Waals surface area contributed by atoms with Gasteiger partial charge in [-0.25, -0.2) is 14.6 Å². The number of nitriles is 1. The Morgan fingerprint density at radius 3 is 2.70 bits per heavy atom. The number of rotatable bonds is 8. The first-order valence-electron chi connectivity index (χ1n) is 12.1. The lowest BCUT2D eigenvalue weighted by Crippen LogP contribution is -2.46. The van der Waals surface area contributed by atoms with Gasteiger partial charge in [-0.15, -0.1) is 0 Å². The molecule has 1 aliphatic heterocycles. The van der Waals surface area contributed by atoms with Gasteiger partial charge in [-0.2, -0.15) is 10.4 Å². The smallest absolute Gasteiger partial charge is 0.164 e. The predicted octanol–water partition coefficient (Wildman–Crippen LogP) is 4.41. The Kier molecular flexibility index (Phi) is 6.98. The number of aliphatic hydroxyl groups excluding tert-OH is 1. The maximum Gasteiger partial charge on any atom is 0.164 e. The largest absolute Gasteiger partial charge is 0.496 e. The lowest BCUT2D eigenvalue weighted by molar-refractivity contribution is 0.114. The number of likely N-dealkylation sites (tertiary alicyclic amines) is 1. The van der Waals surface area contributed by atoms with E-state index in [0.29, 0.717) is 34.3 Å². The Hall–Kier alpha value is -3.71. The number of nitrogens with one attached hydrogen (secondary N) is 1. The Morgan fingerprint density at radius 2 is 2.03 bits per heavy atom. The number of nitrogens with zero attached hydrogens (tertiary/aromatic N) is 6. The molecule has 0 aliphatic carbocycles. The first kappa shape index (κ1) is 25.0. The molecular formula is C27H28ClN7O2. The van der Waals surface area contributed by atoms with Crippen molar-refractivity contribution in [1.29, 1.82) is 5.26 Å². The molecule has 0 unspecified atom stereocenters. The van der Waals surface area contributed by atoms with E-state index >= 15 is 0 Å². The molecular weight excluding hydrogens is 490 g/mol. The summed E-state index contributed by atoms with van der Waals surface area (Å²) in [4.78, 5) is 11.2. The van der Waals surface area contributed by atoms with Gasteiger partial charge >= 0.3 is 0 Å². The predicted molar refractivity (Wildman–Crippen MR) is 143 cm³/mol. The standard InChI is InChI=1S/C27H28ClN7O2/c1-16-23-26(32-19-7-5-4-6-8-19)30-15-31-27(23)35(33-16)17(2)20-11-22(28)21(12-29)24(25(20)37-3)18-13-34(14-18)9-10-36/h4-8,11,15,17-18,36H,9-10,13-14H2,1-3H3,(H,30,31,32)/t17-/m1/s1. The molecule has 37 heavy (non-hydrogen) atoms. The highest BCUT2D eigenvalue weighted by Crippen LogP contribution is 2.44. The van der Waals surface area contributed by atoms with Crippen LogP contribution in [0.25, 0.3) is 11.0 Å². The summed E-state index contributed by atoms with van der Waals surface area (Å²) in [6.45, 7) is 6.10. The van der Waals surface area contributed by atoms with Crippen molar-refractivity contribution < 1.29 is 9.84 Å². The van der Waals surface area contributed by atoms with E-state index in [0.717, 1.165) is 41.0 Å². The van der Waals surface area contributed by atoms with Crippen molar-refractivity contribution in [2.75, 3.05) is 38.7 Å². The number of aliphatic hydroxyl groups is 1. The van der Waals surface area contributed by atoms with E-state index in [2.05, 4.69) is 26.3 Å². The second kappa shape index (κ2) is 10.3. The van der Waals surface area contributed by atoms with Crippen molar-refractivity contribution in [3.05, 3.63) is 70.1 Å². The SMILES string of the molecule is COc1c([C@@H](C)n2nc(C)c3c(Nc4ccccc4)ncnc32)cc(Cl)c(C#N)c1C1CN(CCO)C1. The minimum atomic E-state index is -0.289. The number of halogens is 1. The molecule has 1 aliphatic rings. The van der Waals surface area contributed by atoms with E-state index in [1.807, 2.05) is 48.9 Å². The summed E-state index contributed by atoms with van der Waals surface area (Å²) in [6.07, 6.45) is 1.52. The van der Waals surface area contributed by atoms with Crippen molar-refractivity contribution in [3.63, 3.8) is 0 Å². The average molecular weight is 518 g/mol. The number of methoxy groups -OCH3 is 1. The van der Waals surface area contributed by atoms with Crippen LogP contribution in [0.1, 0.15) is 41.3 Å². The Morgan fingerprint density at radius 1 is 1.27 bits per heavy atom. The second-order valence-electron chi connectivity index (χ2n) is 9.18. The summed E-state index contributed by atoms with van der Waals surface area (Å²) >= 11 is 6.66. The van der Waals surface area contributed by atoms with Gasteiger partial charge in [0.25, 0.3) is 0 Å². The summed E-state index contributed by atoms with van der Waals surface area (Å²) in [7, 11) is 1.62. The average Bonchev–Trinajstić information content (AvgIpc) is 3.23. The van der Waals surface area contributed by atoms with E-state index in [9.17, 15) is 10.4 Å². The third-order valence-corrected chi connectivity index (χ3v) is 7.21.